The second-order valence-electron chi connectivity index (χ2n) is 4.22. The van der Waals surface area contributed by atoms with Gasteiger partial charge in [-0.3, -0.25) is 9.59 Å². The molecule has 0 rings (SSSR count). The SMILES string of the molecule is CN(C)CCCN(C)C(=O)CCCC(=O)O. The van der Waals surface area contributed by atoms with E-state index >= 15 is 0 Å². The lowest BCUT2D eigenvalue weighted by Crippen LogP contribution is -2.29. The van der Waals surface area contributed by atoms with Crippen LogP contribution in [0.4, 0.5) is 0 Å². The van der Waals surface area contributed by atoms with Gasteiger partial charge >= 0.3 is 5.97 Å². The molecule has 0 aromatic heterocycles. The first-order valence-electron chi connectivity index (χ1n) is 5.54. The molecule has 5 nitrogen and oxygen atoms in total. The van der Waals surface area contributed by atoms with Crippen LogP contribution in [-0.4, -0.2) is 61.0 Å². The molecule has 0 heterocycles. The normalized spacial score (nSPS) is 10.5. The van der Waals surface area contributed by atoms with Crippen molar-refractivity contribution in [3.05, 3.63) is 0 Å². The second kappa shape index (κ2) is 8.10. The van der Waals surface area contributed by atoms with Crippen LogP contribution >= 0.6 is 0 Å². The number of nitrogens with zero attached hydrogens (tertiary/aromatic N) is 2. The molecule has 0 saturated heterocycles. The van der Waals surface area contributed by atoms with Crippen molar-refractivity contribution >= 4 is 11.9 Å². The molecule has 0 atom stereocenters. The monoisotopic (exact) mass is 230 g/mol. The standard InChI is InChI=1S/C11H22N2O3/c1-12(2)8-5-9-13(3)10(14)6-4-7-11(15)16/h4-9H2,1-3H3,(H,15,16). The summed E-state index contributed by atoms with van der Waals surface area (Å²) in [5, 5.41) is 8.44. The first kappa shape index (κ1) is 14.9. The van der Waals surface area contributed by atoms with Crippen molar-refractivity contribution < 1.29 is 14.7 Å². The van der Waals surface area contributed by atoms with Gasteiger partial charge < -0.3 is 14.9 Å². The molecule has 0 aliphatic carbocycles. The van der Waals surface area contributed by atoms with Gasteiger partial charge in [-0.2, -0.15) is 0 Å². The largest absolute Gasteiger partial charge is 0.481 e. The van der Waals surface area contributed by atoms with E-state index in [1.54, 1.807) is 11.9 Å². The Morgan fingerprint density at radius 3 is 2.12 bits per heavy atom. The Morgan fingerprint density at radius 1 is 1.00 bits per heavy atom. The van der Waals surface area contributed by atoms with E-state index in [-0.39, 0.29) is 12.3 Å². The van der Waals surface area contributed by atoms with Crippen LogP contribution in [0.1, 0.15) is 25.7 Å². The highest BCUT2D eigenvalue weighted by atomic mass is 16.4. The van der Waals surface area contributed by atoms with E-state index in [1.807, 2.05) is 14.1 Å². The lowest BCUT2D eigenvalue weighted by atomic mass is 10.2. The third-order valence-electron chi connectivity index (χ3n) is 2.31. The van der Waals surface area contributed by atoms with Crippen LogP contribution in [0.15, 0.2) is 0 Å². The Hall–Kier alpha value is -1.10. The van der Waals surface area contributed by atoms with Crippen LogP contribution in [0.2, 0.25) is 0 Å². The molecule has 5 heteroatoms. The minimum Gasteiger partial charge on any atom is -0.481 e. The van der Waals surface area contributed by atoms with E-state index < -0.39 is 5.97 Å². The Kier molecular flexibility index (Phi) is 7.54. The Morgan fingerprint density at radius 2 is 1.62 bits per heavy atom. The number of amides is 1. The predicted molar refractivity (Wildman–Crippen MR) is 62.3 cm³/mol. The fourth-order valence-corrected chi connectivity index (χ4v) is 1.33. The zero-order chi connectivity index (χ0) is 12.6. The smallest absolute Gasteiger partial charge is 0.303 e. The summed E-state index contributed by atoms with van der Waals surface area (Å²) < 4.78 is 0. The van der Waals surface area contributed by atoms with Crippen molar-refractivity contribution in [2.24, 2.45) is 0 Å². The van der Waals surface area contributed by atoms with E-state index in [0.717, 1.165) is 19.5 Å². The van der Waals surface area contributed by atoms with Gasteiger partial charge in [0.15, 0.2) is 0 Å². The van der Waals surface area contributed by atoms with Gasteiger partial charge in [-0.25, -0.2) is 0 Å². The molecule has 1 amide bonds. The van der Waals surface area contributed by atoms with Gasteiger partial charge in [0.05, 0.1) is 0 Å². The fourth-order valence-electron chi connectivity index (χ4n) is 1.33. The summed E-state index contributed by atoms with van der Waals surface area (Å²) in [7, 11) is 5.75. The number of carbonyl (C=O) groups excluding carboxylic acids is 1. The molecule has 0 aromatic rings. The molecule has 0 fully saturated rings. The van der Waals surface area contributed by atoms with E-state index in [2.05, 4.69) is 4.90 Å². The number of aliphatic carboxylic acids is 1. The molecule has 0 unspecified atom stereocenters. The van der Waals surface area contributed by atoms with Gasteiger partial charge in [-0.05, 0) is 33.5 Å². The van der Waals surface area contributed by atoms with Crippen molar-refractivity contribution in [1.82, 2.24) is 9.80 Å². The number of hydrogen-bond acceptors (Lipinski definition) is 3. The van der Waals surface area contributed by atoms with Crippen LogP contribution < -0.4 is 0 Å². The number of hydrogen-bond donors (Lipinski definition) is 1. The summed E-state index contributed by atoms with van der Waals surface area (Å²) in [6.45, 7) is 1.68. The Bertz CT molecular complexity index is 229. The summed E-state index contributed by atoms with van der Waals surface area (Å²) in [5.74, 6) is -0.817. The highest BCUT2D eigenvalue weighted by molar-refractivity contribution is 5.76. The number of carboxylic acids is 1. The molecule has 1 N–H and O–H groups in total. The third-order valence-corrected chi connectivity index (χ3v) is 2.31. The van der Waals surface area contributed by atoms with Gasteiger partial charge in [0.2, 0.25) is 5.91 Å². The van der Waals surface area contributed by atoms with Crippen molar-refractivity contribution in [2.45, 2.75) is 25.7 Å². The van der Waals surface area contributed by atoms with Crippen LogP contribution in [-0.2, 0) is 9.59 Å². The summed E-state index contributed by atoms with van der Waals surface area (Å²) >= 11 is 0. The maximum Gasteiger partial charge on any atom is 0.303 e. The highest BCUT2D eigenvalue weighted by Crippen LogP contribution is 2.00. The average Bonchev–Trinajstić information content (AvgIpc) is 2.16. The quantitative estimate of drug-likeness (QED) is 0.665. The number of carbonyl (C=O) groups is 2. The summed E-state index contributed by atoms with van der Waals surface area (Å²) in [4.78, 5) is 25.5. The first-order chi connectivity index (χ1) is 7.43. The molecule has 0 bridgehead atoms. The summed E-state index contributed by atoms with van der Waals surface area (Å²) in [6, 6.07) is 0. The molecule has 94 valence electrons. The minimum atomic E-state index is -0.844. The van der Waals surface area contributed by atoms with Crippen LogP contribution in [0.5, 0.6) is 0 Å². The molecule has 0 aliphatic heterocycles. The average molecular weight is 230 g/mol. The zero-order valence-electron chi connectivity index (χ0n) is 10.4. The lowest BCUT2D eigenvalue weighted by Gasteiger charge is -2.18. The second-order valence-corrected chi connectivity index (χ2v) is 4.22. The van der Waals surface area contributed by atoms with E-state index in [0.29, 0.717) is 12.8 Å². The molecule has 0 radical (unpaired) electrons. The molecule has 0 aliphatic rings. The zero-order valence-corrected chi connectivity index (χ0v) is 10.4. The Labute approximate surface area is 97.0 Å². The molecular formula is C11H22N2O3. The van der Waals surface area contributed by atoms with Crippen LogP contribution in [0.25, 0.3) is 0 Å². The fraction of sp³-hybridized carbons (Fsp3) is 0.818. The maximum absolute atomic E-state index is 11.5. The Balaban J connectivity index is 3.61. The van der Waals surface area contributed by atoms with Crippen molar-refractivity contribution in [2.75, 3.05) is 34.2 Å². The minimum absolute atomic E-state index is 0.0278. The molecule has 0 saturated carbocycles. The summed E-state index contributed by atoms with van der Waals surface area (Å²) in [6.07, 6.45) is 1.75. The summed E-state index contributed by atoms with van der Waals surface area (Å²) in [5.41, 5.74) is 0. The van der Waals surface area contributed by atoms with Gasteiger partial charge in [0.1, 0.15) is 0 Å². The third kappa shape index (κ3) is 8.23. The van der Waals surface area contributed by atoms with Crippen molar-refractivity contribution in [1.29, 1.82) is 0 Å². The molecule has 0 aromatic carbocycles. The number of rotatable bonds is 8. The van der Waals surface area contributed by atoms with Crippen molar-refractivity contribution in [3.8, 4) is 0 Å². The van der Waals surface area contributed by atoms with Gasteiger partial charge in [0.25, 0.3) is 0 Å². The molecule has 0 spiro atoms. The van der Waals surface area contributed by atoms with Crippen LogP contribution in [0.3, 0.4) is 0 Å². The molecule has 16 heavy (non-hydrogen) atoms. The van der Waals surface area contributed by atoms with E-state index in [4.69, 9.17) is 5.11 Å². The van der Waals surface area contributed by atoms with Gasteiger partial charge in [0, 0.05) is 26.4 Å². The van der Waals surface area contributed by atoms with Crippen molar-refractivity contribution in [3.63, 3.8) is 0 Å². The topological polar surface area (TPSA) is 60.9 Å². The van der Waals surface area contributed by atoms with Gasteiger partial charge in [-0.15, -0.1) is 0 Å². The first-order valence-corrected chi connectivity index (χ1v) is 5.54. The number of carboxylic acid groups (broad SMARTS) is 1. The highest BCUT2D eigenvalue weighted by Gasteiger charge is 2.09. The van der Waals surface area contributed by atoms with E-state index in [1.165, 1.54) is 0 Å². The lowest BCUT2D eigenvalue weighted by molar-refractivity contribution is -0.137. The predicted octanol–water partition coefficient (Wildman–Crippen LogP) is 0.651. The van der Waals surface area contributed by atoms with Gasteiger partial charge in [-0.1, -0.05) is 0 Å². The van der Waals surface area contributed by atoms with E-state index in [9.17, 15) is 9.59 Å². The molecular weight excluding hydrogens is 208 g/mol. The maximum atomic E-state index is 11.5. The van der Waals surface area contributed by atoms with Crippen LogP contribution in [0, 0.1) is 0 Å².